The van der Waals surface area contributed by atoms with Crippen LogP contribution < -0.4 is 4.90 Å². The highest BCUT2D eigenvalue weighted by molar-refractivity contribution is 7.99. The summed E-state index contributed by atoms with van der Waals surface area (Å²) in [5, 5.41) is 0. The lowest BCUT2D eigenvalue weighted by molar-refractivity contribution is 0.319. The van der Waals surface area contributed by atoms with Crippen LogP contribution in [-0.2, 0) is 0 Å². The Morgan fingerprint density at radius 2 is 1.65 bits per heavy atom. The number of hydrogen-bond acceptors (Lipinski definition) is 3. The summed E-state index contributed by atoms with van der Waals surface area (Å²) in [6.07, 6.45) is 0. The lowest BCUT2D eigenvalue weighted by Crippen LogP contribution is -2.37. The summed E-state index contributed by atoms with van der Waals surface area (Å²) in [6.45, 7) is -2.37. The number of anilines is 2. The zero-order valence-corrected chi connectivity index (χ0v) is 12.4. The van der Waals surface area contributed by atoms with Crippen molar-refractivity contribution in [1.29, 1.82) is 0 Å². The van der Waals surface area contributed by atoms with Crippen LogP contribution in [0.3, 0.4) is 0 Å². The summed E-state index contributed by atoms with van der Waals surface area (Å²) in [6, 6.07) is 14.1. The molecule has 1 aliphatic heterocycles. The van der Waals surface area contributed by atoms with Crippen LogP contribution >= 0.6 is 11.8 Å². The van der Waals surface area contributed by atoms with E-state index in [0.29, 0.717) is 0 Å². The van der Waals surface area contributed by atoms with Gasteiger partial charge in [0, 0.05) is 27.8 Å². The normalized spacial score (nSPS) is 20.1. The molecule has 2 aromatic carbocycles. The molecule has 3 heteroatoms. The largest absolute Gasteiger partial charge is 0.338 e. The van der Waals surface area contributed by atoms with Gasteiger partial charge in [0.05, 0.1) is 11.4 Å². The van der Waals surface area contributed by atoms with E-state index in [0.717, 1.165) is 21.2 Å². The van der Waals surface area contributed by atoms with Crippen LogP contribution in [0.25, 0.3) is 0 Å². The molecule has 1 aliphatic rings. The van der Waals surface area contributed by atoms with Crippen LogP contribution in [0.4, 0.5) is 11.4 Å². The smallest absolute Gasteiger partial charge is 0.0553 e. The number of nitrogens with zero attached hydrogens (tertiary/aromatic N) is 2. The van der Waals surface area contributed by atoms with Crippen molar-refractivity contribution in [3.05, 3.63) is 48.5 Å². The van der Waals surface area contributed by atoms with Crippen LogP contribution in [0.15, 0.2) is 58.3 Å². The molecule has 1 unspecified atom stereocenters. The first-order valence-corrected chi connectivity index (χ1v) is 7.36. The second-order valence-electron chi connectivity index (χ2n) is 4.96. The van der Waals surface area contributed by atoms with E-state index >= 15 is 0 Å². The van der Waals surface area contributed by atoms with Gasteiger partial charge in [-0.1, -0.05) is 36.0 Å². The molecule has 2 aromatic rings. The van der Waals surface area contributed by atoms with Crippen molar-refractivity contribution in [2.45, 2.75) is 22.7 Å². The average molecular weight is 288 g/mol. The molecule has 0 aliphatic carbocycles. The maximum Gasteiger partial charge on any atom is 0.0553 e. The number of rotatable bonds is 3. The van der Waals surface area contributed by atoms with Gasteiger partial charge in [-0.2, -0.15) is 0 Å². The van der Waals surface area contributed by atoms with E-state index in [1.165, 1.54) is 4.90 Å². The molecule has 0 bridgehead atoms. The average Bonchev–Trinajstić information content (AvgIpc) is 2.53. The molecule has 104 valence electrons. The molecular weight excluding hydrogens is 264 g/mol. The topological polar surface area (TPSA) is 6.48 Å². The molecule has 0 fully saturated rings. The van der Waals surface area contributed by atoms with Crippen molar-refractivity contribution in [1.82, 2.24) is 4.90 Å². The van der Waals surface area contributed by atoms with Gasteiger partial charge < -0.3 is 9.80 Å². The van der Waals surface area contributed by atoms with Crippen molar-refractivity contribution in [2.75, 3.05) is 25.5 Å². The standard InChI is InChI=1S/C17H20N2S/c1-13(18(2)3)12-19-14-8-4-6-10-16(14)20-17-11-7-5-9-15(17)19/h4-11,13H,12H2,1-3H3/i1D3,13D. The van der Waals surface area contributed by atoms with E-state index < -0.39 is 12.9 Å². The van der Waals surface area contributed by atoms with Crippen molar-refractivity contribution >= 4 is 23.1 Å². The highest BCUT2D eigenvalue weighted by atomic mass is 32.2. The highest BCUT2D eigenvalue weighted by Gasteiger charge is 2.24. The fourth-order valence-corrected chi connectivity index (χ4v) is 3.34. The first-order chi connectivity index (χ1) is 11.2. The molecule has 0 aromatic heterocycles. The van der Waals surface area contributed by atoms with E-state index in [2.05, 4.69) is 0 Å². The van der Waals surface area contributed by atoms with Crippen LogP contribution in [0, 0.1) is 0 Å². The first kappa shape index (κ1) is 9.48. The molecule has 0 radical (unpaired) electrons. The fraction of sp³-hybridized carbons (Fsp3) is 0.294. The lowest BCUT2D eigenvalue weighted by atomic mass is 10.2. The van der Waals surface area contributed by atoms with Gasteiger partial charge in [0.25, 0.3) is 0 Å². The Morgan fingerprint density at radius 1 is 1.10 bits per heavy atom. The lowest BCUT2D eigenvalue weighted by Gasteiger charge is -2.36. The molecule has 3 rings (SSSR count). The van der Waals surface area contributed by atoms with Gasteiger partial charge >= 0.3 is 0 Å². The minimum Gasteiger partial charge on any atom is -0.338 e. The molecule has 0 spiro atoms. The molecule has 2 nitrogen and oxygen atoms in total. The second kappa shape index (κ2) is 5.51. The zero-order valence-electron chi connectivity index (χ0n) is 15.6. The van der Waals surface area contributed by atoms with Gasteiger partial charge in [-0.3, -0.25) is 0 Å². The summed E-state index contributed by atoms with van der Waals surface area (Å²) >= 11 is 1.67. The maximum absolute atomic E-state index is 8.66. The zero-order chi connectivity index (χ0) is 17.5. The highest BCUT2D eigenvalue weighted by Crippen LogP contribution is 2.47. The quantitative estimate of drug-likeness (QED) is 0.834. The molecule has 0 N–H and O–H groups in total. The van der Waals surface area contributed by atoms with Gasteiger partial charge in [-0.25, -0.2) is 0 Å². The molecular formula is C17H20N2S. The molecule has 0 saturated heterocycles. The minimum absolute atomic E-state index is 0.0606. The van der Waals surface area contributed by atoms with Gasteiger partial charge in [-0.05, 0) is 45.2 Å². The Morgan fingerprint density at radius 3 is 2.15 bits per heavy atom. The van der Waals surface area contributed by atoms with E-state index in [1.54, 1.807) is 25.9 Å². The fourth-order valence-electron chi connectivity index (χ4n) is 2.24. The van der Waals surface area contributed by atoms with E-state index in [-0.39, 0.29) is 6.54 Å². The van der Waals surface area contributed by atoms with Gasteiger partial charge in [-0.15, -0.1) is 0 Å². The second-order valence-corrected chi connectivity index (χ2v) is 6.05. The molecule has 20 heavy (non-hydrogen) atoms. The summed E-state index contributed by atoms with van der Waals surface area (Å²) in [5.74, 6) is 0. The summed E-state index contributed by atoms with van der Waals surface area (Å²) in [7, 11) is 3.30. The molecule has 1 atom stereocenters. The monoisotopic (exact) mass is 288 g/mol. The number of para-hydroxylation sites is 2. The number of fused-ring (bicyclic) bond motifs is 2. The van der Waals surface area contributed by atoms with Crippen LogP contribution in [0.2, 0.25) is 0 Å². The Balaban J connectivity index is 2.11. The third-order valence-corrected chi connectivity index (χ3v) is 4.51. The van der Waals surface area contributed by atoms with Crippen molar-refractivity contribution in [3.63, 3.8) is 0 Å². The van der Waals surface area contributed by atoms with Crippen LogP contribution in [-0.4, -0.2) is 31.6 Å². The number of hydrogen-bond donors (Lipinski definition) is 0. The predicted octanol–water partition coefficient (Wildman–Crippen LogP) is 4.24. The Bertz CT molecular complexity index is 702. The maximum atomic E-state index is 8.66. The van der Waals surface area contributed by atoms with Crippen molar-refractivity contribution in [2.24, 2.45) is 0 Å². The van der Waals surface area contributed by atoms with Gasteiger partial charge in [0.1, 0.15) is 0 Å². The third-order valence-electron chi connectivity index (χ3n) is 3.38. The van der Waals surface area contributed by atoms with Crippen molar-refractivity contribution < 1.29 is 5.48 Å². The third kappa shape index (κ3) is 2.43. The number of benzene rings is 2. The minimum atomic E-state index is -2.43. The van der Waals surface area contributed by atoms with E-state index in [1.807, 2.05) is 53.4 Å². The van der Waals surface area contributed by atoms with Gasteiger partial charge in [0.15, 0.2) is 0 Å². The van der Waals surface area contributed by atoms with E-state index in [4.69, 9.17) is 5.48 Å². The van der Waals surface area contributed by atoms with Crippen LogP contribution in [0.5, 0.6) is 0 Å². The van der Waals surface area contributed by atoms with E-state index in [9.17, 15) is 0 Å². The Labute approximate surface area is 131 Å². The van der Waals surface area contributed by atoms with Crippen LogP contribution in [0.1, 0.15) is 12.3 Å². The van der Waals surface area contributed by atoms with Crippen molar-refractivity contribution in [3.8, 4) is 0 Å². The summed E-state index contributed by atoms with van der Waals surface area (Å²) in [4.78, 5) is 5.58. The Hall–Kier alpha value is -1.45. The summed E-state index contributed by atoms with van der Waals surface area (Å²) < 4.78 is 32.3. The first-order valence-electron chi connectivity index (χ1n) is 8.55. The molecule has 0 saturated carbocycles. The summed E-state index contributed by atoms with van der Waals surface area (Å²) in [5.41, 5.74) is 1.90. The molecule has 0 amide bonds. The molecule has 1 heterocycles. The Kier molecular flexibility index (Phi) is 2.61. The predicted molar refractivity (Wildman–Crippen MR) is 87.2 cm³/mol. The SMILES string of the molecule is [2H]C([2H])([2H])C([2H])(CN1c2ccccc2Sc2ccccc21)N(C)C. The van der Waals surface area contributed by atoms with Gasteiger partial charge in [0.2, 0.25) is 0 Å². The number of likely N-dealkylation sites (N-methyl/N-ethyl adjacent to an activating group) is 1.